The zero-order valence-corrected chi connectivity index (χ0v) is 24.5. The maximum Gasteiger partial charge on any atom is 0.338 e. The molecule has 0 aliphatic carbocycles. The molecule has 2 aromatic carbocycles. The van der Waals surface area contributed by atoms with Gasteiger partial charge < -0.3 is 9.30 Å². The summed E-state index contributed by atoms with van der Waals surface area (Å²) >= 11 is 2.98. The van der Waals surface area contributed by atoms with Crippen LogP contribution in [0, 0.1) is 13.8 Å². The molecule has 1 aliphatic rings. The Labute approximate surface area is 236 Å². The van der Waals surface area contributed by atoms with Crippen LogP contribution in [0.3, 0.4) is 0 Å². The van der Waals surface area contributed by atoms with E-state index in [1.807, 2.05) is 75.6 Å². The van der Waals surface area contributed by atoms with Crippen LogP contribution in [-0.4, -0.2) is 27.5 Å². The lowest BCUT2D eigenvalue weighted by Gasteiger charge is -2.25. The molecular formula is C31H31N3O3S2. The molecule has 200 valence electrons. The Morgan fingerprint density at radius 3 is 2.41 bits per heavy atom. The van der Waals surface area contributed by atoms with Crippen molar-refractivity contribution in [3.05, 3.63) is 114 Å². The third-order valence-corrected chi connectivity index (χ3v) is 8.51. The number of hydrogen-bond donors (Lipinski definition) is 0. The minimum absolute atomic E-state index is 0.176. The fourth-order valence-corrected chi connectivity index (χ4v) is 6.46. The summed E-state index contributed by atoms with van der Waals surface area (Å²) in [6.45, 7) is 9.56. The summed E-state index contributed by atoms with van der Waals surface area (Å²) in [4.78, 5) is 33.7. The van der Waals surface area contributed by atoms with Gasteiger partial charge in [-0.2, -0.15) is 0 Å². The van der Waals surface area contributed by atoms with E-state index in [0.717, 1.165) is 33.1 Å². The molecule has 5 rings (SSSR count). The zero-order chi connectivity index (χ0) is 27.8. The number of carbonyl (C=O) groups excluding carboxylic acids is 1. The van der Waals surface area contributed by atoms with Crippen LogP contribution in [0.1, 0.15) is 49.3 Å². The molecule has 6 nitrogen and oxygen atoms in total. The number of thioether (sulfide) groups is 1. The maximum atomic E-state index is 14.0. The lowest BCUT2D eigenvalue weighted by molar-refractivity contribution is -0.143. The molecule has 2 aromatic heterocycles. The summed E-state index contributed by atoms with van der Waals surface area (Å²) in [5, 5.41) is 0. The van der Waals surface area contributed by atoms with Gasteiger partial charge in [0.2, 0.25) is 0 Å². The minimum Gasteiger partial charge on any atom is -0.459 e. The lowest BCUT2D eigenvalue weighted by atomic mass is 9.96. The van der Waals surface area contributed by atoms with Crippen molar-refractivity contribution < 1.29 is 9.53 Å². The lowest BCUT2D eigenvalue weighted by Crippen LogP contribution is -2.40. The van der Waals surface area contributed by atoms with E-state index >= 15 is 0 Å². The van der Waals surface area contributed by atoms with Gasteiger partial charge in [0.25, 0.3) is 5.56 Å². The molecule has 0 N–H and O–H groups in total. The second-order valence-electron chi connectivity index (χ2n) is 9.81. The number of benzene rings is 2. The molecule has 8 heteroatoms. The summed E-state index contributed by atoms with van der Waals surface area (Å²) < 4.78 is 10.0. The number of carbonyl (C=O) groups is 1. The highest BCUT2D eigenvalue weighted by Gasteiger charge is 2.33. The average molecular weight is 558 g/mol. The average Bonchev–Trinajstić information content (AvgIpc) is 3.37. The Balaban J connectivity index is 1.69. The van der Waals surface area contributed by atoms with Crippen LogP contribution in [0.15, 0.2) is 86.6 Å². The quantitative estimate of drug-likeness (QED) is 0.238. The van der Waals surface area contributed by atoms with Gasteiger partial charge in [0.15, 0.2) is 4.80 Å². The molecule has 1 aliphatic heterocycles. The Bertz CT molecular complexity index is 1760. The first kappa shape index (κ1) is 27.0. The molecule has 0 fully saturated rings. The van der Waals surface area contributed by atoms with E-state index in [1.54, 1.807) is 16.3 Å². The van der Waals surface area contributed by atoms with Gasteiger partial charge in [0, 0.05) is 22.0 Å². The summed E-state index contributed by atoms with van der Waals surface area (Å²) in [6.07, 6.45) is 3.66. The highest BCUT2D eigenvalue weighted by Crippen LogP contribution is 2.32. The number of nitrogens with zero attached hydrogens (tertiary/aromatic N) is 3. The molecule has 0 saturated heterocycles. The van der Waals surface area contributed by atoms with E-state index < -0.39 is 12.0 Å². The maximum absolute atomic E-state index is 14.0. The van der Waals surface area contributed by atoms with E-state index in [9.17, 15) is 9.59 Å². The number of aryl methyl sites for hydroxylation is 1. The van der Waals surface area contributed by atoms with Crippen molar-refractivity contribution in [3.8, 4) is 5.69 Å². The predicted octanol–water partition coefficient (Wildman–Crippen LogP) is 5.32. The van der Waals surface area contributed by atoms with Crippen LogP contribution < -0.4 is 14.9 Å². The van der Waals surface area contributed by atoms with Crippen LogP contribution >= 0.6 is 23.1 Å². The van der Waals surface area contributed by atoms with Gasteiger partial charge in [-0.1, -0.05) is 41.7 Å². The molecule has 0 amide bonds. The number of hydrogen-bond acceptors (Lipinski definition) is 6. The molecule has 1 atom stereocenters. The van der Waals surface area contributed by atoms with Crippen molar-refractivity contribution in [1.29, 1.82) is 0 Å². The van der Waals surface area contributed by atoms with Gasteiger partial charge in [-0.05, 0) is 88.4 Å². The van der Waals surface area contributed by atoms with Gasteiger partial charge in [-0.25, -0.2) is 9.79 Å². The van der Waals surface area contributed by atoms with Crippen molar-refractivity contribution in [2.45, 2.75) is 51.7 Å². The van der Waals surface area contributed by atoms with E-state index in [4.69, 9.17) is 9.73 Å². The Morgan fingerprint density at radius 1 is 1.08 bits per heavy atom. The molecule has 0 saturated carbocycles. The molecule has 0 radical (unpaired) electrons. The monoisotopic (exact) mass is 557 g/mol. The molecule has 0 unspecified atom stereocenters. The topological polar surface area (TPSA) is 65.6 Å². The standard InChI is InChI=1S/C31H31N3O3S2/c1-18(2)37-30(36)27-20(4)32-31-34(28(27)22-12-14-25(38-6)15-13-22)29(35)26(39-31)17-23-16-19(3)33(21(23)5)24-10-8-7-9-11-24/h7-18,28H,1-6H3/b26-17-/t28-/m0/s1. The van der Waals surface area contributed by atoms with Crippen molar-refractivity contribution in [3.63, 3.8) is 0 Å². The molecule has 3 heterocycles. The highest BCUT2D eigenvalue weighted by atomic mass is 32.2. The van der Waals surface area contributed by atoms with Crippen molar-refractivity contribution in [2.75, 3.05) is 6.26 Å². The first-order valence-electron chi connectivity index (χ1n) is 12.8. The molecule has 39 heavy (non-hydrogen) atoms. The third kappa shape index (κ3) is 5.06. The van der Waals surface area contributed by atoms with E-state index in [0.29, 0.717) is 20.6 Å². The molecule has 0 spiro atoms. The van der Waals surface area contributed by atoms with Crippen molar-refractivity contribution in [2.24, 2.45) is 4.99 Å². The second kappa shape index (κ2) is 10.9. The molecular weight excluding hydrogens is 526 g/mol. The number of allylic oxidation sites excluding steroid dienone is 1. The fraction of sp³-hybridized carbons (Fsp3) is 0.258. The van der Waals surface area contributed by atoms with Crippen LogP contribution in [0.2, 0.25) is 0 Å². The van der Waals surface area contributed by atoms with Crippen LogP contribution in [0.4, 0.5) is 0 Å². The smallest absolute Gasteiger partial charge is 0.338 e. The SMILES string of the molecule is CSc1ccc([C@H]2C(C(=O)OC(C)C)=C(C)N=c3s/c(=C\c4cc(C)n(-c5ccccc5)c4C)c(=O)n32)cc1. The summed E-state index contributed by atoms with van der Waals surface area (Å²) in [5.41, 5.74) is 5.79. The van der Waals surface area contributed by atoms with E-state index in [-0.39, 0.29) is 11.7 Å². The van der Waals surface area contributed by atoms with Gasteiger partial charge in [-0.3, -0.25) is 9.36 Å². The summed E-state index contributed by atoms with van der Waals surface area (Å²) in [7, 11) is 0. The van der Waals surface area contributed by atoms with Gasteiger partial charge in [0.05, 0.1) is 27.9 Å². The Kier molecular flexibility index (Phi) is 7.51. The van der Waals surface area contributed by atoms with Gasteiger partial charge in [-0.15, -0.1) is 11.8 Å². The normalized spacial score (nSPS) is 15.5. The number of para-hydroxylation sites is 1. The van der Waals surface area contributed by atoms with Crippen LogP contribution in [-0.2, 0) is 9.53 Å². The van der Waals surface area contributed by atoms with Crippen molar-refractivity contribution in [1.82, 2.24) is 9.13 Å². The largest absolute Gasteiger partial charge is 0.459 e. The second-order valence-corrected chi connectivity index (χ2v) is 11.7. The number of rotatable bonds is 6. The van der Waals surface area contributed by atoms with Crippen LogP contribution in [0.25, 0.3) is 11.8 Å². The minimum atomic E-state index is -0.623. The van der Waals surface area contributed by atoms with Gasteiger partial charge in [0.1, 0.15) is 0 Å². The number of esters is 1. The molecule has 0 bridgehead atoms. The fourth-order valence-electron chi connectivity index (χ4n) is 5.01. The Morgan fingerprint density at radius 2 is 1.77 bits per heavy atom. The molecule has 4 aromatic rings. The van der Waals surface area contributed by atoms with E-state index in [1.165, 1.54) is 11.3 Å². The van der Waals surface area contributed by atoms with Crippen LogP contribution in [0.5, 0.6) is 0 Å². The first-order valence-corrected chi connectivity index (χ1v) is 14.9. The number of thiazole rings is 1. The predicted molar refractivity (Wildman–Crippen MR) is 158 cm³/mol. The summed E-state index contributed by atoms with van der Waals surface area (Å²) in [5.74, 6) is -0.453. The summed E-state index contributed by atoms with van der Waals surface area (Å²) in [6, 6.07) is 19.6. The van der Waals surface area contributed by atoms with E-state index in [2.05, 4.69) is 36.6 Å². The Hall–Kier alpha value is -3.62. The highest BCUT2D eigenvalue weighted by molar-refractivity contribution is 7.98. The number of fused-ring (bicyclic) bond motifs is 1. The number of aromatic nitrogens is 2. The zero-order valence-electron chi connectivity index (χ0n) is 22.9. The van der Waals surface area contributed by atoms with Crippen molar-refractivity contribution >= 4 is 35.1 Å². The first-order chi connectivity index (χ1) is 18.7. The number of ether oxygens (including phenoxy) is 1. The van der Waals surface area contributed by atoms with Gasteiger partial charge >= 0.3 is 5.97 Å². The third-order valence-electron chi connectivity index (χ3n) is 6.79.